The number of nitrogens with zero attached hydrogens (tertiary/aromatic N) is 2. The number of benzene rings is 1. The fourth-order valence-corrected chi connectivity index (χ4v) is 3.34. The lowest BCUT2D eigenvalue weighted by Crippen LogP contribution is -2.48. The molecule has 1 fully saturated rings. The molecule has 0 aliphatic heterocycles. The SMILES string of the molecule is CCC1(n2c(C(C)Cl)nc3ccccc3c2=O)CCC1. The number of fused-ring (bicyclic) bond motifs is 1. The van der Waals surface area contributed by atoms with Crippen molar-refractivity contribution in [2.24, 2.45) is 0 Å². The summed E-state index contributed by atoms with van der Waals surface area (Å²) in [7, 11) is 0. The molecule has 3 rings (SSSR count). The summed E-state index contributed by atoms with van der Waals surface area (Å²) in [6, 6.07) is 7.52. The lowest BCUT2D eigenvalue weighted by atomic mass is 9.74. The second-order valence-electron chi connectivity index (χ2n) is 5.68. The van der Waals surface area contributed by atoms with Crippen molar-refractivity contribution in [1.29, 1.82) is 0 Å². The Balaban J connectivity index is 2.36. The molecule has 1 aliphatic rings. The standard InChI is InChI=1S/C16H19ClN2O/c1-3-16(9-6-10-16)19-14(11(2)17)18-13-8-5-4-7-12(13)15(19)20/h4-5,7-8,11H,3,6,9-10H2,1-2H3. The Morgan fingerprint density at radius 3 is 2.65 bits per heavy atom. The molecule has 0 bridgehead atoms. The predicted octanol–water partition coefficient (Wildman–Crippen LogP) is 3.99. The van der Waals surface area contributed by atoms with Crippen molar-refractivity contribution in [1.82, 2.24) is 9.55 Å². The highest BCUT2D eigenvalue weighted by Gasteiger charge is 2.40. The normalized spacial score (nSPS) is 18.8. The van der Waals surface area contributed by atoms with Crippen LogP contribution in [0.4, 0.5) is 0 Å². The second-order valence-corrected chi connectivity index (χ2v) is 6.33. The highest BCUT2D eigenvalue weighted by Crippen LogP contribution is 2.42. The van der Waals surface area contributed by atoms with Gasteiger partial charge in [-0.1, -0.05) is 19.1 Å². The van der Waals surface area contributed by atoms with Crippen LogP contribution in [-0.4, -0.2) is 9.55 Å². The summed E-state index contributed by atoms with van der Waals surface area (Å²) >= 11 is 6.30. The topological polar surface area (TPSA) is 34.9 Å². The molecule has 1 unspecified atom stereocenters. The molecular weight excluding hydrogens is 272 g/mol. The molecule has 1 aromatic heterocycles. The van der Waals surface area contributed by atoms with Gasteiger partial charge in [-0.05, 0) is 44.7 Å². The molecule has 0 spiro atoms. The van der Waals surface area contributed by atoms with Crippen LogP contribution in [0.2, 0.25) is 0 Å². The van der Waals surface area contributed by atoms with Crippen LogP contribution in [-0.2, 0) is 5.54 Å². The first kappa shape index (κ1) is 13.6. The van der Waals surface area contributed by atoms with Gasteiger partial charge in [-0.2, -0.15) is 0 Å². The summed E-state index contributed by atoms with van der Waals surface area (Å²) < 4.78 is 1.89. The van der Waals surface area contributed by atoms with Crippen molar-refractivity contribution in [2.75, 3.05) is 0 Å². The zero-order chi connectivity index (χ0) is 14.3. The smallest absolute Gasteiger partial charge is 0.261 e. The van der Waals surface area contributed by atoms with E-state index in [9.17, 15) is 4.79 Å². The van der Waals surface area contributed by atoms with E-state index in [4.69, 9.17) is 11.6 Å². The third-order valence-corrected chi connectivity index (χ3v) is 4.77. The summed E-state index contributed by atoms with van der Waals surface area (Å²) in [5.41, 5.74) is 0.716. The van der Waals surface area contributed by atoms with Crippen molar-refractivity contribution in [3.05, 3.63) is 40.4 Å². The first-order valence-electron chi connectivity index (χ1n) is 7.25. The Morgan fingerprint density at radius 1 is 1.40 bits per heavy atom. The Hall–Kier alpha value is -1.35. The van der Waals surface area contributed by atoms with Gasteiger partial charge in [-0.3, -0.25) is 9.36 Å². The number of aromatic nitrogens is 2. The van der Waals surface area contributed by atoms with E-state index in [1.807, 2.05) is 35.8 Å². The third kappa shape index (κ3) is 1.87. The van der Waals surface area contributed by atoms with Crippen molar-refractivity contribution in [3.8, 4) is 0 Å². The van der Waals surface area contributed by atoms with Crippen LogP contribution in [0.25, 0.3) is 10.9 Å². The van der Waals surface area contributed by atoms with Crippen molar-refractivity contribution < 1.29 is 0 Å². The minimum Gasteiger partial charge on any atom is -0.289 e. The van der Waals surface area contributed by atoms with Crippen LogP contribution < -0.4 is 5.56 Å². The molecule has 0 amide bonds. The Morgan fingerprint density at radius 2 is 2.10 bits per heavy atom. The molecule has 0 N–H and O–H groups in total. The van der Waals surface area contributed by atoms with Crippen molar-refractivity contribution in [2.45, 2.75) is 50.4 Å². The molecule has 1 heterocycles. The maximum atomic E-state index is 12.9. The summed E-state index contributed by atoms with van der Waals surface area (Å²) in [5, 5.41) is 0.421. The summed E-state index contributed by atoms with van der Waals surface area (Å²) in [4.78, 5) is 17.6. The quantitative estimate of drug-likeness (QED) is 0.801. The van der Waals surface area contributed by atoms with Gasteiger partial charge in [0.05, 0.1) is 16.3 Å². The van der Waals surface area contributed by atoms with Crippen LogP contribution in [0.15, 0.2) is 29.1 Å². The van der Waals surface area contributed by atoms with Gasteiger partial charge in [0.1, 0.15) is 5.82 Å². The summed E-state index contributed by atoms with van der Waals surface area (Å²) in [6.45, 7) is 4.03. The van der Waals surface area contributed by atoms with E-state index in [2.05, 4.69) is 11.9 Å². The van der Waals surface area contributed by atoms with E-state index in [-0.39, 0.29) is 16.5 Å². The molecule has 0 radical (unpaired) electrons. The maximum absolute atomic E-state index is 12.9. The fourth-order valence-electron chi connectivity index (χ4n) is 3.20. The van der Waals surface area contributed by atoms with Crippen LogP contribution in [0.1, 0.15) is 50.7 Å². The highest BCUT2D eigenvalue weighted by atomic mass is 35.5. The van der Waals surface area contributed by atoms with Gasteiger partial charge in [0.25, 0.3) is 5.56 Å². The van der Waals surface area contributed by atoms with E-state index >= 15 is 0 Å². The number of para-hydroxylation sites is 1. The lowest BCUT2D eigenvalue weighted by molar-refractivity contribution is 0.125. The average Bonchev–Trinajstić information content (AvgIpc) is 2.40. The first-order valence-corrected chi connectivity index (χ1v) is 7.69. The van der Waals surface area contributed by atoms with Crippen LogP contribution >= 0.6 is 11.6 Å². The van der Waals surface area contributed by atoms with E-state index in [0.717, 1.165) is 24.8 Å². The van der Waals surface area contributed by atoms with Gasteiger partial charge >= 0.3 is 0 Å². The van der Waals surface area contributed by atoms with Gasteiger partial charge in [0.15, 0.2) is 0 Å². The van der Waals surface area contributed by atoms with Gasteiger partial charge < -0.3 is 0 Å². The Labute approximate surface area is 123 Å². The minimum atomic E-state index is -0.267. The molecule has 1 atom stereocenters. The number of hydrogen-bond acceptors (Lipinski definition) is 2. The average molecular weight is 291 g/mol. The van der Waals surface area contributed by atoms with Crippen LogP contribution in [0, 0.1) is 0 Å². The molecule has 1 saturated carbocycles. The monoisotopic (exact) mass is 290 g/mol. The summed E-state index contributed by atoms with van der Waals surface area (Å²) in [5.74, 6) is 0.705. The molecule has 3 nitrogen and oxygen atoms in total. The molecule has 1 aliphatic carbocycles. The van der Waals surface area contributed by atoms with Crippen LogP contribution in [0.3, 0.4) is 0 Å². The number of rotatable bonds is 3. The second kappa shape index (κ2) is 4.88. The lowest BCUT2D eigenvalue weighted by Gasteiger charge is -2.44. The van der Waals surface area contributed by atoms with Crippen molar-refractivity contribution >= 4 is 22.5 Å². The third-order valence-electron chi connectivity index (χ3n) is 4.57. The van der Waals surface area contributed by atoms with Crippen molar-refractivity contribution in [3.63, 3.8) is 0 Å². The molecule has 1 aromatic carbocycles. The number of halogens is 1. The fraction of sp³-hybridized carbons (Fsp3) is 0.500. The number of alkyl halides is 1. The number of hydrogen-bond donors (Lipinski definition) is 0. The molecule has 4 heteroatoms. The highest BCUT2D eigenvalue weighted by molar-refractivity contribution is 6.20. The van der Waals surface area contributed by atoms with E-state index in [1.165, 1.54) is 6.42 Å². The van der Waals surface area contributed by atoms with Gasteiger partial charge in [0.2, 0.25) is 0 Å². The largest absolute Gasteiger partial charge is 0.289 e. The zero-order valence-electron chi connectivity index (χ0n) is 11.9. The summed E-state index contributed by atoms with van der Waals surface area (Å²) in [6.07, 6.45) is 4.20. The molecule has 106 valence electrons. The molecule has 20 heavy (non-hydrogen) atoms. The minimum absolute atomic E-state index is 0.0552. The maximum Gasteiger partial charge on any atom is 0.261 e. The molecule has 0 saturated heterocycles. The van der Waals surface area contributed by atoms with Gasteiger partial charge in [0, 0.05) is 5.54 Å². The predicted molar refractivity (Wildman–Crippen MR) is 82.4 cm³/mol. The van der Waals surface area contributed by atoms with Gasteiger partial charge in [-0.15, -0.1) is 11.6 Å². The van der Waals surface area contributed by atoms with E-state index in [1.54, 1.807) is 0 Å². The molecular formula is C16H19ClN2O. The zero-order valence-corrected chi connectivity index (χ0v) is 12.7. The molecule has 2 aromatic rings. The first-order chi connectivity index (χ1) is 9.59. The Kier molecular flexibility index (Phi) is 3.33. The van der Waals surface area contributed by atoms with E-state index < -0.39 is 0 Å². The van der Waals surface area contributed by atoms with Crippen LogP contribution in [0.5, 0.6) is 0 Å². The van der Waals surface area contributed by atoms with E-state index in [0.29, 0.717) is 11.2 Å². The Bertz CT molecular complexity index is 696. The van der Waals surface area contributed by atoms with Gasteiger partial charge in [-0.25, -0.2) is 4.98 Å².